The molecule has 0 aliphatic rings. The Morgan fingerprint density at radius 1 is 1.30 bits per heavy atom. The van der Waals surface area contributed by atoms with Crippen molar-refractivity contribution >= 4 is 11.6 Å². The number of rotatable bonds is 5. The van der Waals surface area contributed by atoms with Gasteiger partial charge in [-0.1, -0.05) is 17.7 Å². The summed E-state index contributed by atoms with van der Waals surface area (Å²) >= 11 is 0. The average molecular weight is 270 g/mol. The number of hydrazine groups is 1. The Balaban J connectivity index is 1.97. The highest BCUT2D eigenvalue weighted by atomic mass is 16.1. The van der Waals surface area contributed by atoms with Crippen LogP contribution < -0.4 is 16.6 Å². The van der Waals surface area contributed by atoms with Gasteiger partial charge in [0.2, 0.25) is 0 Å². The number of nitrogen functional groups attached to an aromatic ring is 1. The van der Waals surface area contributed by atoms with Crippen molar-refractivity contribution in [3.05, 3.63) is 59.4 Å². The van der Waals surface area contributed by atoms with Gasteiger partial charge in [0.25, 0.3) is 5.91 Å². The molecule has 0 bridgehead atoms. The van der Waals surface area contributed by atoms with Crippen LogP contribution in [0.15, 0.2) is 42.6 Å². The van der Waals surface area contributed by atoms with Gasteiger partial charge in [-0.05, 0) is 31.2 Å². The van der Waals surface area contributed by atoms with E-state index in [1.165, 1.54) is 0 Å². The fourth-order valence-electron chi connectivity index (χ4n) is 1.92. The fourth-order valence-corrected chi connectivity index (χ4v) is 1.92. The average Bonchev–Trinajstić information content (AvgIpc) is 2.48. The van der Waals surface area contributed by atoms with Crippen molar-refractivity contribution < 1.29 is 4.79 Å². The van der Waals surface area contributed by atoms with Crippen LogP contribution in [0, 0.1) is 6.92 Å². The first kappa shape index (κ1) is 14.0. The Morgan fingerprint density at radius 3 is 2.85 bits per heavy atom. The molecule has 0 atom stereocenters. The monoisotopic (exact) mass is 270 g/mol. The zero-order valence-corrected chi connectivity index (χ0v) is 11.4. The molecular formula is C15H18N4O. The van der Waals surface area contributed by atoms with Crippen molar-refractivity contribution in [2.45, 2.75) is 13.3 Å². The number of aromatic nitrogens is 1. The highest BCUT2D eigenvalue weighted by Crippen LogP contribution is 2.16. The van der Waals surface area contributed by atoms with Crippen LogP contribution in [-0.4, -0.2) is 17.4 Å². The summed E-state index contributed by atoms with van der Waals surface area (Å²) in [5.41, 5.74) is 5.67. The van der Waals surface area contributed by atoms with Crippen molar-refractivity contribution in [1.82, 2.24) is 10.3 Å². The first-order valence-corrected chi connectivity index (χ1v) is 6.46. The minimum absolute atomic E-state index is 0.141. The normalized spacial score (nSPS) is 10.1. The van der Waals surface area contributed by atoms with E-state index in [1.54, 1.807) is 12.3 Å². The number of benzene rings is 1. The van der Waals surface area contributed by atoms with Gasteiger partial charge >= 0.3 is 0 Å². The zero-order chi connectivity index (χ0) is 14.4. The molecule has 1 amide bonds. The lowest BCUT2D eigenvalue weighted by Crippen LogP contribution is -2.27. The Bertz CT molecular complexity index is 584. The minimum Gasteiger partial charge on any atom is -0.352 e. The van der Waals surface area contributed by atoms with Crippen molar-refractivity contribution in [2.24, 2.45) is 5.84 Å². The molecule has 20 heavy (non-hydrogen) atoms. The van der Waals surface area contributed by atoms with Gasteiger partial charge in [0.1, 0.15) is 0 Å². The van der Waals surface area contributed by atoms with E-state index in [0.717, 1.165) is 11.3 Å². The summed E-state index contributed by atoms with van der Waals surface area (Å²) < 4.78 is 0. The number of aryl methyl sites for hydroxylation is 1. The van der Waals surface area contributed by atoms with E-state index in [0.29, 0.717) is 24.2 Å². The van der Waals surface area contributed by atoms with E-state index in [1.807, 2.05) is 37.3 Å². The van der Waals surface area contributed by atoms with Gasteiger partial charge in [-0.3, -0.25) is 15.6 Å². The number of anilines is 1. The maximum absolute atomic E-state index is 12.1. The standard InChI is InChI=1S/C15H18N4O/c1-11-5-6-14(19-16)13(10-11)15(20)18-9-7-12-4-2-3-8-17-12/h2-6,8,10,19H,7,9,16H2,1H3,(H,18,20). The molecule has 104 valence electrons. The number of carbonyl (C=O) groups is 1. The third-order valence-corrected chi connectivity index (χ3v) is 2.97. The van der Waals surface area contributed by atoms with Gasteiger partial charge in [-0.2, -0.15) is 0 Å². The van der Waals surface area contributed by atoms with Gasteiger partial charge in [-0.15, -0.1) is 0 Å². The molecule has 1 aromatic carbocycles. The van der Waals surface area contributed by atoms with Gasteiger partial charge in [-0.25, -0.2) is 0 Å². The van der Waals surface area contributed by atoms with Crippen molar-refractivity contribution in [3.63, 3.8) is 0 Å². The molecule has 5 nitrogen and oxygen atoms in total. The highest BCUT2D eigenvalue weighted by Gasteiger charge is 2.10. The predicted octanol–water partition coefficient (Wildman–Crippen LogP) is 1.65. The van der Waals surface area contributed by atoms with Crippen molar-refractivity contribution in [1.29, 1.82) is 0 Å². The molecule has 0 saturated heterocycles. The Hall–Kier alpha value is -2.40. The second-order valence-corrected chi connectivity index (χ2v) is 4.52. The molecule has 0 radical (unpaired) electrons. The maximum atomic E-state index is 12.1. The Labute approximate surface area is 118 Å². The van der Waals surface area contributed by atoms with Crippen LogP contribution >= 0.6 is 0 Å². The van der Waals surface area contributed by atoms with E-state index in [9.17, 15) is 4.79 Å². The summed E-state index contributed by atoms with van der Waals surface area (Å²) in [6.07, 6.45) is 2.44. The molecule has 0 fully saturated rings. The number of pyridine rings is 1. The number of carbonyl (C=O) groups excluding carboxylic acids is 1. The van der Waals surface area contributed by atoms with Crippen LogP contribution in [0.4, 0.5) is 5.69 Å². The third-order valence-electron chi connectivity index (χ3n) is 2.97. The van der Waals surface area contributed by atoms with Crippen LogP contribution in [-0.2, 0) is 6.42 Å². The molecule has 0 aliphatic carbocycles. The molecule has 5 heteroatoms. The number of nitrogens with one attached hydrogen (secondary N) is 2. The Morgan fingerprint density at radius 2 is 2.15 bits per heavy atom. The number of nitrogens with zero attached hydrogens (tertiary/aromatic N) is 1. The van der Waals surface area contributed by atoms with Gasteiger partial charge in [0.15, 0.2) is 0 Å². The summed E-state index contributed by atoms with van der Waals surface area (Å²) in [6.45, 7) is 2.47. The molecular weight excluding hydrogens is 252 g/mol. The SMILES string of the molecule is Cc1ccc(NN)c(C(=O)NCCc2ccccn2)c1. The van der Waals surface area contributed by atoms with Gasteiger partial charge in [0.05, 0.1) is 11.3 Å². The molecule has 0 aliphatic heterocycles. The minimum atomic E-state index is -0.141. The molecule has 0 spiro atoms. The summed E-state index contributed by atoms with van der Waals surface area (Å²) in [4.78, 5) is 16.4. The van der Waals surface area contributed by atoms with E-state index in [-0.39, 0.29) is 5.91 Å². The predicted molar refractivity (Wildman–Crippen MR) is 79.3 cm³/mol. The van der Waals surface area contributed by atoms with Crippen LogP contribution in [0.1, 0.15) is 21.6 Å². The molecule has 4 N–H and O–H groups in total. The highest BCUT2D eigenvalue weighted by molar-refractivity contribution is 5.99. The smallest absolute Gasteiger partial charge is 0.253 e. The number of nitrogens with two attached hydrogens (primary N) is 1. The lowest BCUT2D eigenvalue weighted by Gasteiger charge is -2.10. The molecule has 2 rings (SSSR count). The lowest BCUT2D eigenvalue weighted by molar-refractivity contribution is 0.0955. The van der Waals surface area contributed by atoms with E-state index < -0.39 is 0 Å². The summed E-state index contributed by atoms with van der Waals surface area (Å²) in [6, 6.07) is 11.2. The van der Waals surface area contributed by atoms with E-state index in [4.69, 9.17) is 5.84 Å². The van der Waals surface area contributed by atoms with Crippen molar-refractivity contribution in [2.75, 3.05) is 12.0 Å². The van der Waals surface area contributed by atoms with E-state index in [2.05, 4.69) is 15.7 Å². The summed E-state index contributed by atoms with van der Waals surface area (Å²) in [7, 11) is 0. The third kappa shape index (κ3) is 3.55. The summed E-state index contributed by atoms with van der Waals surface area (Å²) in [5, 5.41) is 2.87. The summed E-state index contributed by atoms with van der Waals surface area (Å²) in [5.74, 6) is 5.28. The van der Waals surface area contributed by atoms with Crippen LogP contribution in [0.3, 0.4) is 0 Å². The maximum Gasteiger partial charge on any atom is 0.253 e. The topological polar surface area (TPSA) is 80.0 Å². The largest absolute Gasteiger partial charge is 0.352 e. The van der Waals surface area contributed by atoms with Crippen LogP contribution in [0.2, 0.25) is 0 Å². The molecule has 2 aromatic rings. The van der Waals surface area contributed by atoms with Gasteiger partial charge < -0.3 is 10.7 Å². The number of hydrogen-bond acceptors (Lipinski definition) is 4. The Kier molecular flexibility index (Phi) is 4.68. The molecule has 0 saturated carbocycles. The van der Waals surface area contributed by atoms with E-state index >= 15 is 0 Å². The zero-order valence-electron chi connectivity index (χ0n) is 11.4. The number of hydrogen-bond donors (Lipinski definition) is 3. The van der Waals surface area contributed by atoms with Crippen LogP contribution in [0.25, 0.3) is 0 Å². The second-order valence-electron chi connectivity index (χ2n) is 4.52. The molecule has 1 heterocycles. The van der Waals surface area contributed by atoms with Crippen LogP contribution in [0.5, 0.6) is 0 Å². The van der Waals surface area contributed by atoms with Gasteiger partial charge in [0, 0.05) is 24.9 Å². The van der Waals surface area contributed by atoms with Crippen molar-refractivity contribution in [3.8, 4) is 0 Å². The second kappa shape index (κ2) is 6.68. The lowest BCUT2D eigenvalue weighted by atomic mass is 10.1. The number of amides is 1. The fraction of sp³-hybridized carbons (Fsp3) is 0.200. The molecule has 1 aromatic heterocycles. The first-order chi connectivity index (χ1) is 9.70. The molecule has 0 unspecified atom stereocenters. The quantitative estimate of drug-likeness (QED) is 0.570. The first-order valence-electron chi connectivity index (χ1n) is 6.46.